The number of hydrogen-bond acceptors (Lipinski definition) is 2. The summed E-state index contributed by atoms with van der Waals surface area (Å²) in [5.41, 5.74) is 0.813. The van der Waals surface area contributed by atoms with Crippen molar-refractivity contribution in [1.29, 1.82) is 0 Å². The lowest BCUT2D eigenvalue weighted by atomic mass is 9.74. The molecule has 1 amide bonds. The lowest BCUT2D eigenvalue weighted by Crippen LogP contribution is -2.45. The van der Waals surface area contributed by atoms with Gasteiger partial charge >= 0.3 is 0 Å². The van der Waals surface area contributed by atoms with Gasteiger partial charge in [-0.25, -0.2) is 0 Å². The first-order chi connectivity index (χ1) is 10.2. The fourth-order valence-electron chi connectivity index (χ4n) is 3.62. The highest BCUT2D eigenvalue weighted by atomic mass is 35.5. The van der Waals surface area contributed by atoms with Crippen molar-refractivity contribution in [2.45, 2.75) is 38.5 Å². The van der Waals surface area contributed by atoms with E-state index in [1.807, 2.05) is 25.2 Å². The Morgan fingerprint density at radius 2 is 1.91 bits per heavy atom. The third-order valence-corrected chi connectivity index (χ3v) is 5.01. The molecule has 1 heterocycles. The molecule has 1 fully saturated rings. The van der Waals surface area contributed by atoms with Crippen molar-refractivity contribution in [1.82, 2.24) is 10.2 Å². The van der Waals surface area contributed by atoms with Crippen LogP contribution in [0.3, 0.4) is 0 Å². The molecule has 1 aliphatic rings. The van der Waals surface area contributed by atoms with Gasteiger partial charge in [0.1, 0.15) is 0 Å². The first-order valence-corrected chi connectivity index (χ1v) is 8.17. The number of carbonyl (C=O) groups is 1. The maximum absolute atomic E-state index is 13.2. The Balaban J connectivity index is 0.00000242. The van der Waals surface area contributed by atoms with E-state index < -0.39 is 0 Å². The minimum absolute atomic E-state index is 0. The normalized spacial score (nSPS) is 18.1. The molecule has 2 rings (SSSR count). The SMILES string of the molecule is CCC(CC)(C(=O)N1CCC(CNC)C1)c1ccccc1.Cl. The number of likely N-dealkylation sites (tertiary alicyclic amines) is 1. The highest BCUT2D eigenvalue weighted by molar-refractivity contribution is 5.88. The van der Waals surface area contributed by atoms with Gasteiger partial charge in [0.15, 0.2) is 0 Å². The predicted molar refractivity (Wildman–Crippen MR) is 94.6 cm³/mol. The molecule has 3 nitrogen and oxygen atoms in total. The van der Waals surface area contributed by atoms with Crippen molar-refractivity contribution in [2.24, 2.45) is 5.92 Å². The van der Waals surface area contributed by atoms with E-state index in [0.717, 1.165) is 44.5 Å². The maximum Gasteiger partial charge on any atom is 0.233 e. The second kappa shape index (κ2) is 8.54. The molecular formula is C18H29ClN2O. The Morgan fingerprint density at radius 3 is 2.45 bits per heavy atom. The number of hydrogen-bond donors (Lipinski definition) is 1. The number of amides is 1. The van der Waals surface area contributed by atoms with Gasteiger partial charge in [0, 0.05) is 13.1 Å². The van der Waals surface area contributed by atoms with Gasteiger partial charge in [-0.2, -0.15) is 0 Å². The second-order valence-electron chi connectivity index (χ2n) is 6.12. The summed E-state index contributed by atoms with van der Waals surface area (Å²) in [4.78, 5) is 15.3. The quantitative estimate of drug-likeness (QED) is 0.871. The zero-order valence-electron chi connectivity index (χ0n) is 14.0. The van der Waals surface area contributed by atoms with Gasteiger partial charge in [-0.1, -0.05) is 44.2 Å². The highest BCUT2D eigenvalue weighted by Gasteiger charge is 2.41. The molecule has 1 aromatic carbocycles. The Kier molecular flexibility index (Phi) is 7.37. The van der Waals surface area contributed by atoms with Crippen LogP contribution in [0.4, 0.5) is 0 Å². The van der Waals surface area contributed by atoms with Crippen molar-refractivity contribution in [3.05, 3.63) is 35.9 Å². The van der Waals surface area contributed by atoms with Crippen molar-refractivity contribution in [2.75, 3.05) is 26.7 Å². The van der Waals surface area contributed by atoms with E-state index in [1.165, 1.54) is 0 Å². The van der Waals surface area contributed by atoms with Crippen molar-refractivity contribution >= 4 is 18.3 Å². The highest BCUT2D eigenvalue weighted by Crippen LogP contribution is 2.35. The van der Waals surface area contributed by atoms with Crippen LogP contribution in [0, 0.1) is 5.92 Å². The smallest absolute Gasteiger partial charge is 0.233 e. The van der Waals surface area contributed by atoms with E-state index in [0.29, 0.717) is 11.8 Å². The topological polar surface area (TPSA) is 32.3 Å². The third kappa shape index (κ3) is 3.64. The molecule has 1 atom stereocenters. The van der Waals surface area contributed by atoms with Crippen LogP contribution in [0.25, 0.3) is 0 Å². The largest absolute Gasteiger partial charge is 0.342 e. The van der Waals surface area contributed by atoms with Gasteiger partial charge in [-0.3, -0.25) is 4.79 Å². The molecule has 1 unspecified atom stereocenters. The van der Waals surface area contributed by atoms with Crippen molar-refractivity contribution in [3.8, 4) is 0 Å². The molecule has 1 aliphatic heterocycles. The van der Waals surface area contributed by atoms with Gasteiger partial charge in [-0.15, -0.1) is 12.4 Å². The Hall–Kier alpha value is -1.06. The van der Waals surface area contributed by atoms with E-state index in [1.54, 1.807) is 0 Å². The third-order valence-electron chi connectivity index (χ3n) is 5.01. The van der Waals surface area contributed by atoms with Gasteiger partial charge in [0.05, 0.1) is 5.41 Å². The van der Waals surface area contributed by atoms with Crippen LogP contribution in [-0.4, -0.2) is 37.5 Å². The molecular weight excluding hydrogens is 296 g/mol. The molecule has 0 aromatic heterocycles. The monoisotopic (exact) mass is 324 g/mol. The number of nitrogens with zero attached hydrogens (tertiary/aromatic N) is 1. The molecule has 0 aliphatic carbocycles. The number of nitrogens with one attached hydrogen (secondary N) is 1. The van der Waals surface area contributed by atoms with Crippen LogP contribution in [0.2, 0.25) is 0 Å². The molecule has 1 saturated heterocycles. The van der Waals surface area contributed by atoms with E-state index in [4.69, 9.17) is 0 Å². The standard InChI is InChI=1S/C18H28N2O.ClH/c1-4-18(5-2,16-9-7-6-8-10-16)17(21)20-12-11-15(14-20)13-19-3;/h6-10,15,19H,4-5,11-14H2,1-3H3;1H. The fraction of sp³-hybridized carbons (Fsp3) is 0.611. The summed E-state index contributed by atoms with van der Waals surface area (Å²) in [6.45, 7) is 7.07. The number of carbonyl (C=O) groups excluding carboxylic acids is 1. The first-order valence-electron chi connectivity index (χ1n) is 8.17. The van der Waals surface area contributed by atoms with Gasteiger partial charge < -0.3 is 10.2 Å². The van der Waals surface area contributed by atoms with Crippen molar-refractivity contribution < 1.29 is 4.79 Å². The summed E-state index contributed by atoms with van der Waals surface area (Å²) in [6.07, 6.45) is 2.84. The van der Waals surface area contributed by atoms with E-state index >= 15 is 0 Å². The van der Waals surface area contributed by atoms with E-state index in [-0.39, 0.29) is 17.8 Å². The first kappa shape index (κ1) is 19.0. The minimum atomic E-state index is -0.351. The number of halogens is 1. The number of benzene rings is 1. The molecule has 1 N–H and O–H groups in total. The summed E-state index contributed by atoms with van der Waals surface area (Å²) in [6, 6.07) is 10.3. The van der Waals surface area contributed by atoms with Crippen LogP contribution in [0.1, 0.15) is 38.7 Å². The average molecular weight is 325 g/mol. The van der Waals surface area contributed by atoms with E-state index in [9.17, 15) is 4.79 Å². The fourth-order valence-corrected chi connectivity index (χ4v) is 3.62. The second-order valence-corrected chi connectivity index (χ2v) is 6.12. The maximum atomic E-state index is 13.2. The molecule has 1 aromatic rings. The summed E-state index contributed by atoms with van der Waals surface area (Å²) in [7, 11) is 1.98. The lowest BCUT2D eigenvalue weighted by Gasteiger charge is -2.35. The van der Waals surface area contributed by atoms with Crippen LogP contribution in [0.5, 0.6) is 0 Å². The molecule has 0 spiro atoms. The van der Waals surface area contributed by atoms with Crippen LogP contribution in [0.15, 0.2) is 30.3 Å². The summed E-state index contributed by atoms with van der Waals surface area (Å²) in [5.74, 6) is 0.915. The molecule has 22 heavy (non-hydrogen) atoms. The zero-order chi connectivity index (χ0) is 15.3. The van der Waals surface area contributed by atoms with Gasteiger partial charge in [-0.05, 0) is 44.3 Å². The predicted octanol–water partition coefficient (Wildman–Crippen LogP) is 3.23. The summed E-state index contributed by atoms with van der Waals surface area (Å²) < 4.78 is 0. The van der Waals surface area contributed by atoms with Gasteiger partial charge in [0.2, 0.25) is 5.91 Å². The Labute approximate surface area is 140 Å². The molecule has 0 saturated carbocycles. The van der Waals surface area contributed by atoms with Crippen LogP contribution >= 0.6 is 12.4 Å². The van der Waals surface area contributed by atoms with Gasteiger partial charge in [0.25, 0.3) is 0 Å². The summed E-state index contributed by atoms with van der Waals surface area (Å²) >= 11 is 0. The average Bonchev–Trinajstić information content (AvgIpc) is 2.99. The van der Waals surface area contributed by atoms with Crippen LogP contribution < -0.4 is 5.32 Å². The molecule has 4 heteroatoms. The Bertz CT molecular complexity index is 459. The molecule has 124 valence electrons. The number of rotatable bonds is 6. The Morgan fingerprint density at radius 1 is 1.27 bits per heavy atom. The van der Waals surface area contributed by atoms with Crippen LogP contribution in [-0.2, 0) is 10.2 Å². The van der Waals surface area contributed by atoms with Crippen molar-refractivity contribution in [3.63, 3.8) is 0 Å². The summed E-state index contributed by atoms with van der Waals surface area (Å²) in [5, 5.41) is 3.23. The minimum Gasteiger partial charge on any atom is -0.342 e. The molecule has 0 bridgehead atoms. The van der Waals surface area contributed by atoms with E-state index in [2.05, 4.69) is 36.2 Å². The lowest BCUT2D eigenvalue weighted by molar-refractivity contribution is -0.137. The zero-order valence-corrected chi connectivity index (χ0v) is 14.8. The molecule has 0 radical (unpaired) electrons.